The fourth-order valence-corrected chi connectivity index (χ4v) is 2.02. The lowest BCUT2D eigenvalue weighted by Crippen LogP contribution is -2.53. The molecule has 0 radical (unpaired) electrons. The molecule has 1 aliphatic rings. The molecule has 2 N–H and O–H groups in total. The van der Waals surface area contributed by atoms with E-state index in [2.05, 4.69) is 0 Å². The number of hydrogen-bond donors (Lipinski definition) is 1. The Labute approximate surface area is 106 Å². The highest BCUT2D eigenvalue weighted by atomic mass is 16.2. The lowest BCUT2D eigenvalue weighted by Gasteiger charge is -2.33. The molecule has 0 aliphatic carbocycles. The zero-order valence-electron chi connectivity index (χ0n) is 10.4. The number of nitrogens with zero attached hydrogens (tertiary/aromatic N) is 2. The molecular formula is C13H17N3O2. The van der Waals surface area contributed by atoms with Crippen molar-refractivity contribution < 1.29 is 9.59 Å². The summed E-state index contributed by atoms with van der Waals surface area (Å²) >= 11 is 0. The van der Waals surface area contributed by atoms with Gasteiger partial charge < -0.3 is 15.5 Å². The number of likely N-dealkylation sites (N-methyl/N-ethyl adjacent to an activating group) is 1. The number of amides is 2. The van der Waals surface area contributed by atoms with Crippen molar-refractivity contribution in [3.05, 3.63) is 29.8 Å². The maximum absolute atomic E-state index is 11.9. The van der Waals surface area contributed by atoms with Gasteiger partial charge in [-0.3, -0.25) is 9.59 Å². The van der Waals surface area contributed by atoms with Gasteiger partial charge in [0.2, 0.25) is 11.8 Å². The van der Waals surface area contributed by atoms with Crippen LogP contribution in [0.15, 0.2) is 24.3 Å². The second-order valence-corrected chi connectivity index (χ2v) is 4.36. The summed E-state index contributed by atoms with van der Waals surface area (Å²) in [5.74, 6) is -0.0358. The standard InChI is InChI=1S/C13H17N3O2/c1-2-15-8-13(18)16(9-12(15)17)7-10-5-3-4-6-11(10)14/h3-6H,2,7-9,14H2,1H3. The molecular weight excluding hydrogens is 230 g/mol. The highest BCUT2D eigenvalue weighted by molar-refractivity contribution is 5.92. The van der Waals surface area contributed by atoms with E-state index in [9.17, 15) is 9.59 Å². The lowest BCUT2D eigenvalue weighted by molar-refractivity contribution is -0.150. The van der Waals surface area contributed by atoms with Gasteiger partial charge in [0.05, 0.1) is 6.54 Å². The van der Waals surface area contributed by atoms with E-state index in [1.54, 1.807) is 15.9 Å². The summed E-state index contributed by atoms with van der Waals surface area (Å²) in [6.07, 6.45) is 0. The summed E-state index contributed by atoms with van der Waals surface area (Å²) in [6.45, 7) is 3.15. The fraction of sp³-hybridized carbons (Fsp3) is 0.385. The summed E-state index contributed by atoms with van der Waals surface area (Å²) in [7, 11) is 0. The van der Waals surface area contributed by atoms with Crippen LogP contribution in [0, 0.1) is 0 Å². The first-order chi connectivity index (χ1) is 8.61. The van der Waals surface area contributed by atoms with Crippen LogP contribution in [-0.2, 0) is 16.1 Å². The Kier molecular flexibility index (Phi) is 3.50. The van der Waals surface area contributed by atoms with Gasteiger partial charge in [0.25, 0.3) is 0 Å². The van der Waals surface area contributed by atoms with Crippen molar-refractivity contribution in [1.82, 2.24) is 9.80 Å². The Hall–Kier alpha value is -2.04. The highest BCUT2D eigenvalue weighted by Crippen LogP contribution is 2.15. The molecule has 1 heterocycles. The number of piperazine rings is 1. The van der Waals surface area contributed by atoms with Crippen LogP contribution in [0.2, 0.25) is 0 Å². The van der Waals surface area contributed by atoms with Crippen LogP contribution < -0.4 is 5.73 Å². The van der Waals surface area contributed by atoms with Crippen LogP contribution in [0.25, 0.3) is 0 Å². The van der Waals surface area contributed by atoms with E-state index >= 15 is 0 Å². The molecule has 2 amide bonds. The second kappa shape index (κ2) is 5.08. The van der Waals surface area contributed by atoms with Crippen molar-refractivity contribution in [2.75, 3.05) is 25.4 Å². The molecule has 5 heteroatoms. The molecule has 1 fully saturated rings. The van der Waals surface area contributed by atoms with Crippen LogP contribution in [-0.4, -0.2) is 41.2 Å². The predicted molar refractivity (Wildman–Crippen MR) is 68.5 cm³/mol. The van der Waals surface area contributed by atoms with Gasteiger partial charge in [-0.15, -0.1) is 0 Å². The Morgan fingerprint density at radius 2 is 1.72 bits per heavy atom. The molecule has 1 aromatic carbocycles. The number of anilines is 1. The van der Waals surface area contributed by atoms with E-state index in [1.165, 1.54) is 0 Å². The number of para-hydroxylation sites is 1. The molecule has 1 aromatic rings. The molecule has 0 unspecified atom stereocenters. The molecule has 18 heavy (non-hydrogen) atoms. The second-order valence-electron chi connectivity index (χ2n) is 4.36. The predicted octanol–water partition coefficient (Wildman–Crippen LogP) is 0.459. The average Bonchev–Trinajstić information content (AvgIpc) is 2.36. The molecule has 0 aromatic heterocycles. The fourth-order valence-electron chi connectivity index (χ4n) is 2.02. The minimum Gasteiger partial charge on any atom is -0.398 e. The number of carbonyl (C=O) groups excluding carboxylic acids is 2. The maximum Gasteiger partial charge on any atom is 0.242 e. The van der Waals surface area contributed by atoms with Crippen LogP contribution in [0.1, 0.15) is 12.5 Å². The zero-order valence-corrected chi connectivity index (χ0v) is 10.4. The van der Waals surface area contributed by atoms with E-state index in [1.807, 2.05) is 25.1 Å². The highest BCUT2D eigenvalue weighted by Gasteiger charge is 2.28. The molecule has 2 rings (SSSR count). The summed E-state index contributed by atoms with van der Waals surface area (Å²) < 4.78 is 0. The summed E-state index contributed by atoms with van der Waals surface area (Å²) in [5, 5.41) is 0. The molecule has 0 atom stereocenters. The van der Waals surface area contributed by atoms with Gasteiger partial charge in [0, 0.05) is 18.8 Å². The van der Waals surface area contributed by atoms with Crippen molar-refractivity contribution in [2.24, 2.45) is 0 Å². The van der Waals surface area contributed by atoms with Crippen LogP contribution in [0.3, 0.4) is 0 Å². The van der Waals surface area contributed by atoms with Gasteiger partial charge in [-0.1, -0.05) is 18.2 Å². The molecule has 96 valence electrons. The first-order valence-electron chi connectivity index (χ1n) is 6.00. The molecule has 1 aliphatic heterocycles. The van der Waals surface area contributed by atoms with Gasteiger partial charge in [-0.25, -0.2) is 0 Å². The Balaban J connectivity index is 2.09. The quantitative estimate of drug-likeness (QED) is 0.789. The van der Waals surface area contributed by atoms with E-state index in [0.29, 0.717) is 18.8 Å². The average molecular weight is 247 g/mol. The Morgan fingerprint density at radius 3 is 2.39 bits per heavy atom. The van der Waals surface area contributed by atoms with Crippen molar-refractivity contribution >= 4 is 17.5 Å². The number of nitrogen functional groups attached to an aromatic ring is 1. The first kappa shape index (κ1) is 12.4. The Bertz CT molecular complexity index is 473. The SMILES string of the molecule is CCN1CC(=O)N(Cc2ccccc2N)CC1=O. The molecule has 1 saturated heterocycles. The number of hydrogen-bond acceptors (Lipinski definition) is 3. The third-order valence-electron chi connectivity index (χ3n) is 3.16. The number of rotatable bonds is 3. The van der Waals surface area contributed by atoms with E-state index in [4.69, 9.17) is 5.73 Å². The van der Waals surface area contributed by atoms with Crippen molar-refractivity contribution in [3.8, 4) is 0 Å². The van der Waals surface area contributed by atoms with Crippen LogP contribution in [0.4, 0.5) is 5.69 Å². The third-order valence-corrected chi connectivity index (χ3v) is 3.16. The van der Waals surface area contributed by atoms with Crippen LogP contribution >= 0.6 is 0 Å². The van der Waals surface area contributed by atoms with Crippen LogP contribution in [0.5, 0.6) is 0 Å². The molecule has 5 nitrogen and oxygen atoms in total. The summed E-state index contributed by atoms with van der Waals surface area (Å²) in [4.78, 5) is 26.8. The van der Waals surface area contributed by atoms with Crippen molar-refractivity contribution in [1.29, 1.82) is 0 Å². The smallest absolute Gasteiger partial charge is 0.242 e. The summed E-state index contributed by atoms with van der Waals surface area (Å²) in [6, 6.07) is 7.39. The van der Waals surface area contributed by atoms with Gasteiger partial charge in [-0.2, -0.15) is 0 Å². The maximum atomic E-state index is 11.9. The zero-order chi connectivity index (χ0) is 13.1. The monoisotopic (exact) mass is 247 g/mol. The largest absolute Gasteiger partial charge is 0.398 e. The van der Waals surface area contributed by atoms with Gasteiger partial charge in [0.1, 0.15) is 6.54 Å². The van der Waals surface area contributed by atoms with E-state index in [-0.39, 0.29) is 24.9 Å². The van der Waals surface area contributed by atoms with Gasteiger partial charge >= 0.3 is 0 Å². The molecule has 0 bridgehead atoms. The normalized spacial score (nSPS) is 16.3. The van der Waals surface area contributed by atoms with Crippen molar-refractivity contribution in [2.45, 2.75) is 13.5 Å². The minimum absolute atomic E-state index is 0.00778. The van der Waals surface area contributed by atoms with Gasteiger partial charge in [-0.05, 0) is 18.6 Å². The van der Waals surface area contributed by atoms with E-state index in [0.717, 1.165) is 5.56 Å². The summed E-state index contributed by atoms with van der Waals surface area (Å²) in [5.41, 5.74) is 7.37. The van der Waals surface area contributed by atoms with E-state index < -0.39 is 0 Å². The topological polar surface area (TPSA) is 66.6 Å². The minimum atomic E-state index is -0.0281. The third kappa shape index (κ3) is 2.45. The molecule has 0 saturated carbocycles. The number of nitrogens with two attached hydrogens (primary N) is 1. The number of carbonyl (C=O) groups is 2. The first-order valence-corrected chi connectivity index (χ1v) is 6.00. The Morgan fingerprint density at radius 1 is 1.11 bits per heavy atom. The molecule has 0 spiro atoms. The lowest BCUT2D eigenvalue weighted by atomic mass is 10.1. The number of benzene rings is 1. The van der Waals surface area contributed by atoms with Gasteiger partial charge in [0.15, 0.2) is 0 Å². The van der Waals surface area contributed by atoms with Crippen molar-refractivity contribution in [3.63, 3.8) is 0 Å².